The summed E-state index contributed by atoms with van der Waals surface area (Å²) >= 11 is 0. The summed E-state index contributed by atoms with van der Waals surface area (Å²) in [4.78, 5) is 0. The Bertz CT molecular complexity index is 588. The minimum Gasteiger partial charge on any atom is -0.394 e. The Morgan fingerprint density at radius 2 is 1.59 bits per heavy atom. The van der Waals surface area contributed by atoms with Crippen LogP contribution in [0.25, 0.3) is 0 Å². The fourth-order valence-electron chi connectivity index (χ4n) is 3.18. The minimum absolute atomic E-state index is 0.200. The van der Waals surface area contributed by atoms with Gasteiger partial charge in [-0.15, -0.1) is 0 Å². The highest BCUT2D eigenvalue weighted by molar-refractivity contribution is 5.06. The van der Waals surface area contributed by atoms with Gasteiger partial charge in [0.1, 0.15) is 60.6 Å². The van der Waals surface area contributed by atoms with Crippen molar-refractivity contribution in [1.29, 1.82) is 0 Å². The Balaban J connectivity index is 1.75. The summed E-state index contributed by atoms with van der Waals surface area (Å²) in [7, 11) is 0. The van der Waals surface area contributed by atoms with Crippen molar-refractivity contribution in [2.75, 3.05) is 13.2 Å². The molecule has 1 unspecified atom stereocenters. The Morgan fingerprint density at radius 3 is 2.19 bits per heavy atom. The van der Waals surface area contributed by atoms with E-state index >= 15 is 0 Å². The molecular formula is C14H23N3O10. The summed E-state index contributed by atoms with van der Waals surface area (Å²) in [5.74, 6) is 0. The van der Waals surface area contributed by atoms with Crippen LogP contribution in [-0.2, 0) is 14.2 Å². The number of hydrogen-bond acceptors (Lipinski definition) is 12. The van der Waals surface area contributed by atoms with Crippen molar-refractivity contribution < 1.29 is 50.0 Å². The van der Waals surface area contributed by atoms with Crippen LogP contribution in [0.5, 0.6) is 0 Å². The molecule has 2 aliphatic heterocycles. The zero-order valence-corrected chi connectivity index (χ0v) is 14.0. The van der Waals surface area contributed by atoms with Crippen LogP contribution in [-0.4, -0.2) is 119 Å². The highest BCUT2D eigenvalue weighted by atomic mass is 16.7. The van der Waals surface area contributed by atoms with E-state index in [0.29, 0.717) is 0 Å². The van der Waals surface area contributed by atoms with Gasteiger partial charge < -0.3 is 50.0 Å². The van der Waals surface area contributed by atoms with Crippen molar-refractivity contribution in [3.05, 3.63) is 11.9 Å². The summed E-state index contributed by atoms with van der Waals surface area (Å²) in [6, 6.07) is 0. The lowest BCUT2D eigenvalue weighted by molar-refractivity contribution is -0.342. The lowest BCUT2D eigenvalue weighted by atomic mass is 9.93. The molecule has 2 aliphatic rings. The molecule has 2 saturated heterocycles. The van der Waals surface area contributed by atoms with Crippen molar-refractivity contribution in [3.63, 3.8) is 0 Å². The number of nitrogens with zero attached hydrogens (tertiary/aromatic N) is 2. The number of ether oxygens (including phenoxy) is 3. The second kappa shape index (κ2) is 8.40. The van der Waals surface area contributed by atoms with Crippen LogP contribution in [0.1, 0.15) is 11.8 Å². The van der Waals surface area contributed by atoms with E-state index in [-0.39, 0.29) is 5.69 Å². The van der Waals surface area contributed by atoms with Crippen LogP contribution < -0.4 is 0 Å². The number of aromatic amines is 1. The molecule has 1 aromatic heterocycles. The molecule has 0 aliphatic carbocycles. The molecule has 154 valence electrons. The average Bonchev–Trinajstić information content (AvgIpc) is 3.20. The van der Waals surface area contributed by atoms with E-state index in [2.05, 4.69) is 15.4 Å². The van der Waals surface area contributed by atoms with E-state index in [1.54, 1.807) is 0 Å². The van der Waals surface area contributed by atoms with Gasteiger partial charge in [0, 0.05) is 0 Å². The molecule has 0 bridgehead atoms. The third kappa shape index (κ3) is 3.84. The number of hydrogen-bond donors (Lipinski definition) is 8. The lowest BCUT2D eigenvalue weighted by Crippen LogP contribution is -2.63. The molecule has 13 heteroatoms. The molecule has 0 aromatic carbocycles. The van der Waals surface area contributed by atoms with Crippen LogP contribution in [0.15, 0.2) is 6.20 Å². The second-order valence-corrected chi connectivity index (χ2v) is 6.45. The van der Waals surface area contributed by atoms with Crippen LogP contribution in [0.4, 0.5) is 0 Å². The Hall–Kier alpha value is -1.26. The first-order valence-electron chi connectivity index (χ1n) is 8.33. The SMILES string of the molecule is OC[C@H]1O[C@@H](O[C@H]2[C@H](O)[C@@H](O)C(c3cn[nH]n3)O[C@@H]2CO)[C@H](O)[C@@H](O)[C@H]1O. The molecule has 10 atom stereocenters. The van der Waals surface area contributed by atoms with E-state index in [4.69, 9.17) is 14.2 Å². The van der Waals surface area contributed by atoms with E-state index in [1.165, 1.54) is 6.20 Å². The first kappa shape index (κ1) is 20.5. The minimum atomic E-state index is -1.71. The summed E-state index contributed by atoms with van der Waals surface area (Å²) in [5, 5.41) is 79.0. The smallest absolute Gasteiger partial charge is 0.187 e. The average molecular weight is 393 g/mol. The van der Waals surface area contributed by atoms with Gasteiger partial charge in [0.2, 0.25) is 0 Å². The molecule has 13 nitrogen and oxygen atoms in total. The van der Waals surface area contributed by atoms with Gasteiger partial charge in [0.25, 0.3) is 0 Å². The highest BCUT2D eigenvalue weighted by Gasteiger charge is 2.51. The van der Waals surface area contributed by atoms with Crippen LogP contribution in [0.3, 0.4) is 0 Å². The monoisotopic (exact) mass is 393 g/mol. The standard InChI is InChI=1S/C14H23N3O10/c18-2-5-7(20)8(21)11(24)14(26-5)27-13-6(3-19)25-12(9(22)10(13)23)4-1-15-17-16-4/h1,5-14,18-24H,2-3H2,(H,15,16,17)/t5-,6-,7+,8+,9-,10-,11-,12?,13-,14+/m1/s1. The fourth-order valence-corrected chi connectivity index (χ4v) is 3.18. The second-order valence-electron chi connectivity index (χ2n) is 6.45. The van der Waals surface area contributed by atoms with Crippen molar-refractivity contribution >= 4 is 0 Å². The highest BCUT2D eigenvalue weighted by Crippen LogP contribution is 2.34. The third-order valence-corrected chi connectivity index (χ3v) is 4.73. The fraction of sp³-hybridized carbons (Fsp3) is 0.857. The predicted octanol–water partition coefficient (Wildman–Crippen LogP) is -4.86. The molecule has 3 rings (SSSR count). The Morgan fingerprint density at radius 1 is 0.889 bits per heavy atom. The number of aromatic nitrogens is 3. The van der Waals surface area contributed by atoms with Crippen molar-refractivity contribution in [2.45, 2.75) is 61.2 Å². The molecule has 0 saturated carbocycles. The van der Waals surface area contributed by atoms with Crippen molar-refractivity contribution in [3.8, 4) is 0 Å². The van der Waals surface area contributed by atoms with Crippen LogP contribution in [0, 0.1) is 0 Å². The lowest BCUT2D eigenvalue weighted by Gasteiger charge is -2.45. The number of H-pyrrole nitrogens is 1. The van der Waals surface area contributed by atoms with Crippen LogP contribution in [0.2, 0.25) is 0 Å². The summed E-state index contributed by atoms with van der Waals surface area (Å²) in [6.07, 6.45) is -13.1. The summed E-state index contributed by atoms with van der Waals surface area (Å²) < 4.78 is 16.2. The van der Waals surface area contributed by atoms with Gasteiger partial charge in [-0.3, -0.25) is 0 Å². The summed E-state index contributed by atoms with van der Waals surface area (Å²) in [6.45, 7) is -1.27. The molecule has 2 fully saturated rings. The maximum Gasteiger partial charge on any atom is 0.187 e. The van der Waals surface area contributed by atoms with Gasteiger partial charge in [-0.2, -0.15) is 15.4 Å². The zero-order chi connectivity index (χ0) is 19.7. The van der Waals surface area contributed by atoms with Gasteiger partial charge in [0.15, 0.2) is 6.29 Å². The van der Waals surface area contributed by atoms with Gasteiger partial charge in [-0.05, 0) is 0 Å². The van der Waals surface area contributed by atoms with Crippen molar-refractivity contribution in [1.82, 2.24) is 15.4 Å². The molecular weight excluding hydrogens is 370 g/mol. The third-order valence-electron chi connectivity index (χ3n) is 4.73. The molecule has 1 aromatic rings. The first-order valence-corrected chi connectivity index (χ1v) is 8.33. The quantitative estimate of drug-likeness (QED) is 0.237. The molecule has 27 heavy (non-hydrogen) atoms. The number of nitrogens with one attached hydrogen (secondary N) is 1. The van der Waals surface area contributed by atoms with Gasteiger partial charge >= 0.3 is 0 Å². The van der Waals surface area contributed by atoms with E-state index in [1.807, 2.05) is 0 Å². The zero-order valence-electron chi connectivity index (χ0n) is 14.0. The molecule has 8 N–H and O–H groups in total. The predicted molar refractivity (Wildman–Crippen MR) is 81.7 cm³/mol. The number of aliphatic hydroxyl groups excluding tert-OH is 7. The first-order chi connectivity index (χ1) is 12.9. The van der Waals surface area contributed by atoms with Gasteiger partial charge in [0.05, 0.1) is 19.4 Å². The number of rotatable bonds is 5. The summed E-state index contributed by atoms with van der Waals surface area (Å²) in [5.41, 5.74) is 0.200. The van der Waals surface area contributed by atoms with E-state index in [0.717, 1.165) is 0 Å². The normalized spacial score (nSPS) is 45.7. The van der Waals surface area contributed by atoms with Gasteiger partial charge in [-0.1, -0.05) is 0 Å². The molecule has 0 amide bonds. The maximum absolute atomic E-state index is 10.4. The molecule has 3 heterocycles. The number of aliphatic hydroxyl groups is 7. The van der Waals surface area contributed by atoms with Gasteiger partial charge in [-0.25, -0.2) is 0 Å². The van der Waals surface area contributed by atoms with E-state index < -0.39 is 74.4 Å². The van der Waals surface area contributed by atoms with Crippen LogP contribution >= 0.6 is 0 Å². The molecule has 0 radical (unpaired) electrons. The maximum atomic E-state index is 10.4. The topological polar surface area (TPSA) is 211 Å². The largest absolute Gasteiger partial charge is 0.394 e. The molecule has 0 spiro atoms. The van der Waals surface area contributed by atoms with Crippen molar-refractivity contribution in [2.24, 2.45) is 0 Å². The Labute approximate surface area is 152 Å². The van der Waals surface area contributed by atoms with E-state index in [9.17, 15) is 35.7 Å². The Kier molecular flexibility index (Phi) is 6.37.